The third kappa shape index (κ3) is 3.37. The normalized spacial score (nSPS) is 11.9. The van der Waals surface area contributed by atoms with E-state index in [-0.39, 0.29) is 11.8 Å². The number of ether oxygens (including phenoxy) is 1. The van der Waals surface area contributed by atoms with Crippen LogP contribution in [0.4, 0.5) is 0 Å². The second kappa shape index (κ2) is 6.09. The van der Waals surface area contributed by atoms with Crippen molar-refractivity contribution in [1.82, 2.24) is 10.3 Å². The van der Waals surface area contributed by atoms with Crippen molar-refractivity contribution in [2.24, 2.45) is 0 Å². The van der Waals surface area contributed by atoms with Gasteiger partial charge < -0.3 is 15.0 Å². The molecule has 2 aromatic rings. The van der Waals surface area contributed by atoms with Crippen molar-refractivity contribution in [2.75, 3.05) is 7.11 Å². The molecule has 0 spiro atoms. The van der Waals surface area contributed by atoms with Crippen LogP contribution >= 0.6 is 0 Å². The number of nitrogens with one attached hydrogen (secondary N) is 2. The van der Waals surface area contributed by atoms with Crippen molar-refractivity contribution in [1.29, 1.82) is 0 Å². The summed E-state index contributed by atoms with van der Waals surface area (Å²) in [6, 6.07) is 11.4. The third-order valence-electron chi connectivity index (χ3n) is 3.12. The number of aromatic amines is 1. The van der Waals surface area contributed by atoms with E-state index in [1.54, 1.807) is 7.11 Å². The molecule has 0 saturated heterocycles. The van der Waals surface area contributed by atoms with Gasteiger partial charge in [0.1, 0.15) is 5.75 Å². The molecule has 19 heavy (non-hydrogen) atoms. The first-order chi connectivity index (χ1) is 9.20. The number of hydrogen-bond acceptors (Lipinski definition) is 2. The van der Waals surface area contributed by atoms with Crippen molar-refractivity contribution in [2.45, 2.75) is 19.4 Å². The van der Waals surface area contributed by atoms with Crippen LogP contribution in [0.5, 0.6) is 5.75 Å². The lowest BCUT2D eigenvalue weighted by Crippen LogP contribution is -2.27. The Morgan fingerprint density at radius 1 is 1.32 bits per heavy atom. The van der Waals surface area contributed by atoms with Gasteiger partial charge >= 0.3 is 0 Å². The molecule has 0 bridgehead atoms. The molecule has 1 aromatic carbocycles. The minimum Gasteiger partial charge on any atom is -0.497 e. The molecule has 1 atom stereocenters. The first-order valence-electron chi connectivity index (χ1n) is 6.24. The van der Waals surface area contributed by atoms with E-state index < -0.39 is 0 Å². The van der Waals surface area contributed by atoms with Crippen molar-refractivity contribution < 1.29 is 9.53 Å². The lowest BCUT2D eigenvalue weighted by Gasteiger charge is -2.12. The molecule has 1 amide bonds. The molecule has 100 valence electrons. The molecule has 2 rings (SSSR count). The maximum absolute atomic E-state index is 12.0. The summed E-state index contributed by atoms with van der Waals surface area (Å²) in [6.45, 7) is 2.41. The lowest BCUT2D eigenvalue weighted by molar-refractivity contribution is -0.122. The molecule has 0 radical (unpaired) electrons. The van der Waals surface area contributed by atoms with Gasteiger partial charge in [-0.1, -0.05) is 12.1 Å². The molecule has 2 N–H and O–H groups in total. The fraction of sp³-hybridized carbons (Fsp3) is 0.267. The predicted octanol–water partition coefficient (Wildman–Crippen LogP) is 2.44. The van der Waals surface area contributed by atoms with Gasteiger partial charge in [0.25, 0.3) is 0 Å². The molecule has 1 aromatic heterocycles. The third-order valence-corrected chi connectivity index (χ3v) is 3.12. The number of methoxy groups -OCH3 is 1. The standard InChI is InChI=1S/C15H18N2O2/c1-11(12-5-7-14(19-2)8-6-12)15(18)17-10-13-4-3-9-16-13/h3-9,11,16H,10H2,1-2H3,(H,17,18)/t11-/m0/s1. The smallest absolute Gasteiger partial charge is 0.227 e. The van der Waals surface area contributed by atoms with Crippen LogP contribution in [-0.2, 0) is 11.3 Å². The van der Waals surface area contributed by atoms with Crippen molar-refractivity contribution in [3.8, 4) is 5.75 Å². The molecule has 0 fully saturated rings. The molecule has 4 nitrogen and oxygen atoms in total. The first-order valence-corrected chi connectivity index (χ1v) is 6.24. The molecule has 0 aliphatic rings. The highest BCUT2D eigenvalue weighted by atomic mass is 16.5. The molecule has 1 heterocycles. The highest BCUT2D eigenvalue weighted by molar-refractivity contribution is 5.83. The van der Waals surface area contributed by atoms with Gasteiger partial charge in [0.15, 0.2) is 0 Å². The quantitative estimate of drug-likeness (QED) is 0.865. The van der Waals surface area contributed by atoms with Gasteiger partial charge in [0.2, 0.25) is 5.91 Å². The van der Waals surface area contributed by atoms with E-state index in [0.29, 0.717) is 6.54 Å². The van der Waals surface area contributed by atoms with Gasteiger partial charge in [-0.2, -0.15) is 0 Å². The van der Waals surface area contributed by atoms with Crippen molar-refractivity contribution in [3.63, 3.8) is 0 Å². The SMILES string of the molecule is COc1ccc([C@H](C)C(=O)NCc2ccc[nH]2)cc1. The molecular weight excluding hydrogens is 240 g/mol. The zero-order valence-electron chi connectivity index (χ0n) is 11.1. The Morgan fingerprint density at radius 3 is 2.63 bits per heavy atom. The van der Waals surface area contributed by atoms with Gasteiger partial charge in [-0.3, -0.25) is 4.79 Å². The number of carbonyl (C=O) groups is 1. The predicted molar refractivity (Wildman–Crippen MR) is 74.0 cm³/mol. The van der Waals surface area contributed by atoms with Crippen LogP contribution in [0.25, 0.3) is 0 Å². The van der Waals surface area contributed by atoms with Gasteiger partial charge in [-0.15, -0.1) is 0 Å². The molecule has 0 aliphatic carbocycles. The van der Waals surface area contributed by atoms with Crippen LogP contribution in [0, 0.1) is 0 Å². The molecule has 0 saturated carbocycles. The number of aromatic nitrogens is 1. The first kappa shape index (κ1) is 13.2. The Hall–Kier alpha value is -2.23. The average Bonchev–Trinajstić information content (AvgIpc) is 2.97. The number of H-pyrrole nitrogens is 1. The number of hydrogen-bond donors (Lipinski definition) is 2. The second-order valence-electron chi connectivity index (χ2n) is 4.41. The van der Waals surface area contributed by atoms with Gasteiger partial charge in [0, 0.05) is 11.9 Å². The lowest BCUT2D eigenvalue weighted by atomic mass is 10.0. The van der Waals surface area contributed by atoms with E-state index in [4.69, 9.17) is 4.74 Å². The molecule has 0 aliphatic heterocycles. The fourth-order valence-electron chi connectivity index (χ4n) is 1.86. The highest BCUT2D eigenvalue weighted by Crippen LogP contribution is 2.19. The second-order valence-corrected chi connectivity index (χ2v) is 4.41. The Labute approximate surface area is 112 Å². The average molecular weight is 258 g/mol. The number of rotatable bonds is 5. The number of benzene rings is 1. The molecule has 4 heteroatoms. The Bertz CT molecular complexity index is 518. The minimum absolute atomic E-state index is 0.0137. The summed E-state index contributed by atoms with van der Waals surface area (Å²) in [4.78, 5) is 15.1. The monoisotopic (exact) mass is 258 g/mol. The summed E-state index contributed by atoms with van der Waals surface area (Å²) in [5.41, 5.74) is 1.97. The van der Waals surface area contributed by atoms with E-state index >= 15 is 0 Å². The number of carbonyl (C=O) groups excluding carboxylic acids is 1. The van der Waals surface area contributed by atoms with Crippen molar-refractivity contribution in [3.05, 3.63) is 53.9 Å². The van der Waals surface area contributed by atoms with Crippen LogP contribution in [-0.4, -0.2) is 18.0 Å². The summed E-state index contributed by atoms with van der Waals surface area (Å²) in [5.74, 6) is 0.628. The van der Waals surface area contributed by atoms with E-state index in [0.717, 1.165) is 17.0 Å². The maximum Gasteiger partial charge on any atom is 0.227 e. The van der Waals surface area contributed by atoms with Crippen molar-refractivity contribution >= 4 is 5.91 Å². The summed E-state index contributed by atoms with van der Waals surface area (Å²) >= 11 is 0. The van der Waals surface area contributed by atoms with E-state index in [1.807, 2.05) is 49.5 Å². The van der Waals surface area contributed by atoms with Crippen LogP contribution in [0.3, 0.4) is 0 Å². The minimum atomic E-state index is -0.180. The zero-order chi connectivity index (χ0) is 13.7. The topological polar surface area (TPSA) is 54.1 Å². The van der Waals surface area contributed by atoms with E-state index in [2.05, 4.69) is 10.3 Å². The summed E-state index contributed by atoms with van der Waals surface area (Å²) in [6.07, 6.45) is 1.84. The van der Waals surface area contributed by atoms with Gasteiger partial charge in [-0.05, 0) is 36.8 Å². The Balaban J connectivity index is 1.94. The highest BCUT2D eigenvalue weighted by Gasteiger charge is 2.14. The summed E-state index contributed by atoms with van der Waals surface area (Å²) in [7, 11) is 1.63. The summed E-state index contributed by atoms with van der Waals surface area (Å²) in [5, 5.41) is 2.91. The van der Waals surface area contributed by atoms with Gasteiger partial charge in [-0.25, -0.2) is 0 Å². The van der Waals surface area contributed by atoms with Crippen LogP contribution in [0.1, 0.15) is 24.1 Å². The maximum atomic E-state index is 12.0. The van der Waals surface area contributed by atoms with E-state index in [1.165, 1.54) is 0 Å². The molecular formula is C15H18N2O2. The molecule has 0 unspecified atom stereocenters. The number of amides is 1. The fourth-order valence-corrected chi connectivity index (χ4v) is 1.86. The largest absolute Gasteiger partial charge is 0.497 e. The van der Waals surface area contributed by atoms with Gasteiger partial charge in [0.05, 0.1) is 19.6 Å². The summed E-state index contributed by atoms with van der Waals surface area (Å²) < 4.78 is 5.10. The Kier molecular flexibility index (Phi) is 4.23. The van der Waals surface area contributed by atoms with Crippen LogP contribution in [0.2, 0.25) is 0 Å². The van der Waals surface area contributed by atoms with E-state index in [9.17, 15) is 4.79 Å². The zero-order valence-corrected chi connectivity index (χ0v) is 11.1. The van der Waals surface area contributed by atoms with Crippen LogP contribution < -0.4 is 10.1 Å². The Morgan fingerprint density at radius 2 is 2.05 bits per heavy atom. The van der Waals surface area contributed by atoms with Crippen LogP contribution in [0.15, 0.2) is 42.6 Å².